The zero-order valence-corrected chi connectivity index (χ0v) is 15.4. The zero-order chi connectivity index (χ0) is 18.9. The summed E-state index contributed by atoms with van der Waals surface area (Å²) in [6.07, 6.45) is 3.72. The summed E-state index contributed by atoms with van der Waals surface area (Å²) in [6.45, 7) is 2.44. The van der Waals surface area contributed by atoms with Gasteiger partial charge in [0.2, 0.25) is 0 Å². The second kappa shape index (κ2) is 7.03. The van der Waals surface area contributed by atoms with Gasteiger partial charge >= 0.3 is 6.03 Å². The number of urea groups is 1. The Balaban J connectivity index is 1.22. The number of carbonyl (C=O) groups is 1. The van der Waals surface area contributed by atoms with E-state index in [0.717, 1.165) is 24.3 Å². The molecule has 0 atom stereocenters. The lowest BCUT2D eigenvalue weighted by molar-refractivity contribution is 0.171. The molecule has 1 N–H and O–H groups in total. The van der Waals surface area contributed by atoms with Crippen molar-refractivity contribution in [2.75, 3.05) is 31.6 Å². The number of anilines is 1. The molecule has 28 heavy (non-hydrogen) atoms. The Labute approximate surface area is 162 Å². The highest BCUT2D eigenvalue weighted by Crippen LogP contribution is 2.33. The van der Waals surface area contributed by atoms with Crippen molar-refractivity contribution in [1.29, 1.82) is 0 Å². The van der Waals surface area contributed by atoms with Gasteiger partial charge in [-0.05, 0) is 37.1 Å². The maximum atomic E-state index is 12.7. The third kappa shape index (κ3) is 3.11. The van der Waals surface area contributed by atoms with Gasteiger partial charge in [-0.15, -0.1) is 10.2 Å². The number of rotatable bonds is 2. The number of aromatic nitrogens is 3. The molecule has 4 heterocycles. The molecule has 2 amide bonds. The number of nitrogens with zero attached hydrogens (tertiary/aromatic N) is 4. The van der Waals surface area contributed by atoms with E-state index in [0.29, 0.717) is 49.4 Å². The average molecular weight is 379 g/mol. The van der Waals surface area contributed by atoms with Crippen molar-refractivity contribution in [1.82, 2.24) is 19.5 Å². The summed E-state index contributed by atoms with van der Waals surface area (Å²) in [6, 6.07) is 11.3. The third-order valence-electron chi connectivity index (χ3n) is 5.28. The van der Waals surface area contributed by atoms with Crippen LogP contribution in [0.2, 0.25) is 0 Å². The molecule has 2 aromatic heterocycles. The molecule has 8 nitrogen and oxygen atoms in total. The first-order chi connectivity index (χ1) is 13.8. The van der Waals surface area contributed by atoms with Crippen LogP contribution in [0.4, 0.5) is 10.5 Å². The van der Waals surface area contributed by atoms with Crippen molar-refractivity contribution in [2.45, 2.75) is 18.8 Å². The largest absolute Gasteiger partial charge is 0.486 e. The number of likely N-dealkylation sites (tertiary alicyclic amines) is 1. The number of fused-ring (bicyclic) bond motifs is 2. The molecule has 0 radical (unpaired) electrons. The fraction of sp³-hybridized carbons (Fsp3) is 0.350. The first-order valence-electron chi connectivity index (χ1n) is 9.53. The number of nitrogens with one attached hydrogen (secondary N) is 1. The molecule has 8 heteroatoms. The Bertz CT molecular complexity index is 1010. The predicted octanol–water partition coefficient (Wildman–Crippen LogP) is 2.91. The standard InChI is InChI=1S/C20H21N5O3/c26-20(21-15-4-5-16-17(13-15)28-12-11-27-16)24-9-6-14(7-10-24)19-23-22-18-3-1-2-8-25(18)19/h1-5,8,13-14H,6-7,9-12H2,(H,21,26). The summed E-state index contributed by atoms with van der Waals surface area (Å²) in [5, 5.41) is 11.6. The van der Waals surface area contributed by atoms with Crippen LogP contribution in [0.1, 0.15) is 24.6 Å². The number of hydrogen-bond acceptors (Lipinski definition) is 5. The minimum Gasteiger partial charge on any atom is -0.486 e. The molecule has 0 saturated carbocycles. The van der Waals surface area contributed by atoms with Gasteiger partial charge in [0.25, 0.3) is 0 Å². The van der Waals surface area contributed by atoms with Gasteiger partial charge in [0.05, 0.1) is 0 Å². The van der Waals surface area contributed by atoms with Gasteiger partial charge in [0, 0.05) is 37.0 Å². The Kier molecular flexibility index (Phi) is 4.23. The predicted molar refractivity (Wildman–Crippen MR) is 103 cm³/mol. The number of amides is 2. The lowest BCUT2D eigenvalue weighted by Gasteiger charge is -2.31. The minimum absolute atomic E-state index is 0.0961. The van der Waals surface area contributed by atoms with Crippen LogP contribution >= 0.6 is 0 Å². The molecule has 1 fully saturated rings. The highest BCUT2D eigenvalue weighted by atomic mass is 16.6. The van der Waals surface area contributed by atoms with E-state index in [1.165, 1.54) is 0 Å². The summed E-state index contributed by atoms with van der Waals surface area (Å²) >= 11 is 0. The molecular weight excluding hydrogens is 358 g/mol. The molecule has 3 aromatic rings. The first-order valence-corrected chi connectivity index (χ1v) is 9.53. The van der Waals surface area contributed by atoms with E-state index < -0.39 is 0 Å². The number of piperidine rings is 1. The molecule has 0 unspecified atom stereocenters. The van der Waals surface area contributed by atoms with E-state index in [-0.39, 0.29) is 6.03 Å². The van der Waals surface area contributed by atoms with Crippen molar-refractivity contribution >= 4 is 17.4 Å². The lowest BCUT2D eigenvalue weighted by Crippen LogP contribution is -2.40. The van der Waals surface area contributed by atoms with E-state index in [4.69, 9.17) is 9.47 Å². The monoisotopic (exact) mass is 379 g/mol. The fourth-order valence-corrected chi connectivity index (χ4v) is 3.80. The van der Waals surface area contributed by atoms with Crippen LogP contribution in [0.3, 0.4) is 0 Å². The van der Waals surface area contributed by atoms with Crippen LogP contribution in [0.15, 0.2) is 42.6 Å². The van der Waals surface area contributed by atoms with Crippen LogP contribution in [0, 0.1) is 0 Å². The van der Waals surface area contributed by atoms with E-state index in [9.17, 15) is 4.79 Å². The normalized spacial score (nSPS) is 16.9. The number of carbonyl (C=O) groups excluding carboxylic acids is 1. The second-order valence-electron chi connectivity index (χ2n) is 7.04. The van der Waals surface area contributed by atoms with E-state index in [2.05, 4.69) is 15.5 Å². The molecule has 144 valence electrons. The lowest BCUT2D eigenvalue weighted by atomic mass is 9.96. The van der Waals surface area contributed by atoms with Crippen LogP contribution in [0.5, 0.6) is 11.5 Å². The van der Waals surface area contributed by atoms with E-state index >= 15 is 0 Å². The maximum Gasteiger partial charge on any atom is 0.321 e. The Morgan fingerprint density at radius 3 is 2.71 bits per heavy atom. The highest BCUT2D eigenvalue weighted by molar-refractivity contribution is 5.89. The molecule has 0 spiro atoms. The maximum absolute atomic E-state index is 12.7. The van der Waals surface area contributed by atoms with Gasteiger partial charge in [-0.1, -0.05) is 6.07 Å². The van der Waals surface area contributed by atoms with Crippen LogP contribution < -0.4 is 14.8 Å². The Morgan fingerprint density at radius 1 is 1.04 bits per heavy atom. The van der Waals surface area contributed by atoms with Gasteiger partial charge in [-0.3, -0.25) is 4.40 Å². The molecule has 5 rings (SSSR count). The molecular formula is C20H21N5O3. The molecule has 2 aliphatic heterocycles. The highest BCUT2D eigenvalue weighted by Gasteiger charge is 2.27. The summed E-state index contributed by atoms with van der Waals surface area (Å²) in [7, 11) is 0. The summed E-state index contributed by atoms with van der Waals surface area (Å²) in [5.74, 6) is 2.66. The molecule has 1 aromatic carbocycles. The van der Waals surface area contributed by atoms with Crippen molar-refractivity contribution < 1.29 is 14.3 Å². The van der Waals surface area contributed by atoms with Crippen LogP contribution in [-0.4, -0.2) is 51.8 Å². The third-order valence-corrected chi connectivity index (χ3v) is 5.28. The topological polar surface area (TPSA) is 81.0 Å². The molecule has 0 aliphatic carbocycles. The van der Waals surface area contributed by atoms with Gasteiger partial charge in [-0.25, -0.2) is 4.79 Å². The number of hydrogen-bond donors (Lipinski definition) is 1. The van der Waals surface area contributed by atoms with E-state index in [1.807, 2.05) is 51.9 Å². The van der Waals surface area contributed by atoms with Gasteiger partial charge in [-0.2, -0.15) is 0 Å². The quantitative estimate of drug-likeness (QED) is 0.740. The van der Waals surface area contributed by atoms with Crippen LogP contribution in [0.25, 0.3) is 5.65 Å². The molecule has 2 aliphatic rings. The van der Waals surface area contributed by atoms with Crippen molar-refractivity contribution in [3.63, 3.8) is 0 Å². The first kappa shape index (κ1) is 16.9. The average Bonchev–Trinajstić information content (AvgIpc) is 3.18. The summed E-state index contributed by atoms with van der Waals surface area (Å²) in [5.41, 5.74) is 1.57. The smallest absolute Gasteiger partial charge is 0.321 e. The number of pyridine rings is 1. The fourth-order valence-electron chi connectivity index (χ4n) is 3.80. The second-order valence-corrected chi connectivity index (χ2v) is 7.04. The number of ether oxygens (including phenoxy) is 2. The van der Waals surface area contributed by atoms with Crippen molar-refractivity contribution in [3.05, 3.63) is 48.4 Å². The van der Waals surface area contributed by atoms with Crippen molar-refractivity contribution in [2.24, 2.45) is 0 Å². The van der Waals surface area contributed by atoms with Crippen molar-refractivity contribution in [3.8, 4) is 11.5 Å². The zero-order valence-electron chi connectivity index (χ0n) is 15.4. The molecule has 0 bridgehead atoms. The summed E-state index contributed by atoms with van der Waals surface area (Å²) in [4.78, 5) is 14.5. The van der Waals surface area contributed by atoms with Crippen LogP contribution in [-0.2, 0) is 0 Å². The van der Waals surface area contributed by atoms with Gasteiger partial charge in [0.1, 0.15) is 19.0 Å². The Morgan fingerprint density at radius 2 is 1.86 bits per heavy atom. The molecule has 1 saturated heterocycles. The number of benzene rings is 1. The van der Waals surface area contributed by atoms with Gasteiger partial charge < -0.3 is 19.7 Å². The minimum atomic E-state index is -0.0961. The SMILES string of the molecule is O=C(Nc1ccc2c(c1)OCCO2)N1CCC(c2nnc3ccccn23)CC1. The summed E-state index contributed by atoms with van der Waals surface area (Å²) < 4.78 is 13.1. The van der Waals surface area contributed by atoms with Gasteiger partial charge in [0.15, 0.2) is 17.1 Å². The van der Waals surface area contributed by atoms with E-state index in [1.54, 1.807) is 0 Å². The Hall–Kier alpha value is -3.29.